The molecule has 0 bridgehead atoms. The van der Waals surface area contributed by atoms with Gasteiger partial charge < -0.3 is 0 Å². The molecule has 2 atom stereocenters. The topological polar surface area (TPSA) is 0 Å². The van der Waals surface area contributed by atoms with Gasteiger partial charge >= 0.3 is 11.8 Å². The Morgan fingerprint density at radius 1 is 1.08 bits per heavy atom. The fourth-order valence-electron chi connectivity index (χ4n) is 2.84. The first-order valence-corrected chi connectivity index (χ1v) is 4.51. The molecule has 2 unspecified atom stereocenters. The molecular weight excluding hydrogens is 184 g/mol. The minimum atomic E-state index is -3.79. The number of halogens is 4. The summed E-state index contributed by atoms with van der Waals surface area (Å²) >= 11 is 0. The molecule has 2 rings (SSSR count). The van der Waals surface area contributed by atoms with Crippen LogP contribution in [0.5, 0.6) is 0 Å². The van der Waals surface area contributed by atoms with Gasteiger partial charge in [0.1, 0.15) is 0 Å². The molecule has 0 aromatic rings. The zero-order valence-corrected chi connectivity index (χ0v) is 7.58. The number of hydrogen-bond donors (Lipinski definition) is 0. The van der Waals surface area contributed by atoms with E-state index in [1.165, 1.54) is 0 Å². The Balaban J connectivity index is 2.38. The number of rotatable bonds is 1. The molecule has 2 saturated carbocycles. The van der Waals surface area contributed by atoms with Gasteiger partial charge in [-0.2, -0.15) is 17.6 Å². The third-order valence-electron chi connectivity index (χ3n) is 3.73. The lowest BCUT2D eigenvalue weighted by atomic mass is 9.86. The monoisotopic (exact) mass is 196 g/mol. The smallest absolute Gasteiger partial charge is 0.200 e. The van der Waals surface area contributed by atoms with Crippen molar-refractivity contribution in [2.45, 2.75) is 38.5 Å². The number of fused-ring (bicyclic) bond motifs is 1. The van der Waals surface area contributed by atoms with Gasteiger partial charge in [-0.3, -0.25) is 0 Å². The average molecular weight is 196 g/mol. The first kappa shape index (κ1) is 9.28. The average Bonchev–Trinajstić information content (AvgIpc) is 2.57. The molecular formula is C9H12F4. The minimum absolute atomic E-state index is 0.271. The van der Waals surface area contributed by atoms with Gasteiger partial charge in [0.15, 0.2) is 0 Å². The Morgan fingerprint density at radius 2 is 1.62 bits per heavy atom. The van der Waals surface area contributed by atoms with Gasteiger partial charge in [0.2, 0.25) is 0 Å². The van der Waals surface area contributed by atoms with Gasteiger partial charge in [0.05, 0.1) is 0 Å². The van der Waals surface area contributed by atoms with Crippen LogP contribution in [0.1, 0.15) is 26.7 Å². The molecule has 0 amide bonds. The van der Waals surface area contributed by atoms with Gasteiger partial charge in [0, 0.05) is 11.8 Å². The van der Waals surface area contributed by atoms with Crippen molar-refractivity contribution in [3.8, 4) is 0 Å². The third-order valence-corrected chi connectivity index (χ3v) is 3.73. The first-order valence-electron chi connectivity index (χ1n) is 4.51. The van der Waals surface area contributed by atoms with Crippen LogP contribution >= 0.6 is 0 Å². The maximum absolute atomic E-state index is 13.3. The quantitative estimate of drug-likeness (QED) is 0.564. The summed E-state index contributed by atoms with van der Waals surface area (Å²) < 4.78 is 52.3. The Morgan fingerprint density at radius 3 is 1.85 bits per heavy atom. The maximum atomic E-state index is 13.3. The molecule has 13 heavy (non-hydrogen) atoms. The Hall–Kier alpha value is -0.280. The maximum Gasteiger partial charge on any atom is 0.316 e. The summed E-state index contributed by atoms with van der Waals surface area (Å²) in [5.74, 6) is -8.39. The van der Waals surface area contributed by atoms with Gasteiger partial charge in [-0.05, 0) is 18.3 Å². The van der Waals surface area contributed by atoms with Crippen molar-refractivity contribution >= 4 is 0 Å². The molecule has 2 aliphatic carbocycles. The third kappa shape index (κ3) is 0.778. The highest BCUT2D eigenvalue weighted by atomic mass is 19.3. The van der Waals surface area contributed by atoms with Crippen molar-refractivity contribution in [2.24, 2.45) is 17.3 Å². The zero-order valence-electron chi connectivity index (χ0n) is 7.58. The van der Waals surface area contributed by atoms with Crippen molar-refractivity contribution in [1.29, 1.82) is 0 Å². The Bertz CT molecular complexity index is 246. The highest BCUT2D eigenvalue weighted by molar-refractivity contribution is 5.23. The Labute approximate surface area is 74.3 Å². The van der Waals surface area contributed by atoms with Crippen LogP contribution in [0.15, 0.2) is 0 Å². The van der Waals surface area contributed by atoms with Gasteiger partial charge in [0.25, 0.3) is 0 Å². The van der Waals surface area contributed by atoms with Crippen molar-refractivity contribution in [3.05, 3.63) is 0 Å². The number of alkyl halides is 4. The lowest BCUT2D eigenvalue weighted by Crippen LogP contribution is -2.45. The van der Waals surface area contributed by atoms with Crippen LogP contribution in [0.2, 0.25) is 0 Å². The molecule has 0 heterocycles. The fourth-order valence-corrected chi connectivity index (χ4v) is 2.84. The van der Waals surface area contributed by atoms with Gasteiger partial charge in [-0.15, -0.1) is 0 Å². The van der Waals surface area contributed by atoms with E-state index < -0.39 is 29.6 Å². The van der Waals surface area contributed by atoms with Crippen LogP contribution in [0.25, 0.3) is 0 Å². The highest BCUT2D eigenvalue weighted by Crippen LogP contribution is 2.77. The minimum Gasteiger partial charge on any atom is -0.200 e. The van der Waals surface area contributed by atoms with E-state index in [-0.39, 0.29) is 12.3 Å². The second kappa shape index (κ2) is 2.04. The van der Waals surface area contributed by atoms with E-state index in [2.05, 4.69) is 0 Å². The first-order chi connectivity index (χ1) is 5.76. The van der Waals surface area contributed by atoms with E-state index in [0.29, 0.717) is 0 Å². The highest BCUT2D eigenvalue weighted by Gasteiger charge is 2.85. The van der Waals surface area contributed by atoms with E-state index >= 15 is 0 Å². The summed E-state index contributed by atoms with van der Waals surface area (Å²) in [6, 6.07) is 0. The SMILES string of the molecule is CC(C)C12CC1CC(F)(F)C2(F)F. The van der Waals surface area contributed by atoms with Crippen molar-refractivity contribution in [2.75, 3.05) is 0 Å². The van der Waals surface area contributed by atoms with Crippen molar-refractivity contribution < 1.29 is 17.6 Å². The van der Waals surface area contributed by atoms with Crippen LogP contribution in [0, 0.1) is 17.3 Å². The van der Waals surface area contributed by atoms with E-state index in [9.17, 15) is 17.6 Å². The molecule has 2 fully saturated rings. The van der Waals surface area contributed by atoms with Crippen LogP contribution in [-0.4, -0.2) is 11.8 Å². The van der Waals surface area contributed by atoms with Crippen molar-refractivity contribution in [3.63, 3.8) is 0 Å². The second-order valence-corrected chi connectivity index (χ2v) is 4.58. The van der Waals surface area contributed by atoms with Crippen LogP contribution in [0.3, 0.4) is 0 Å². The van der Waals surface area contributed by atoms with Gasteiger partial charge in [-0.25, -0.2) is 0 Å². The molecule has 0 spiro atoms. The Kier molecular flexibility index (Phi) is 1.45. The standard InChI is InChI=1S/C9H12F4/c1-5(2)7-3-6(7)4-8(10,11)9(7,12)13/h5-6H,3-4H2,1-2H3. The summed E-state index contributed by atoms with van der Waals surface area (Å²) in [4.78, 5) is 0. The molecule has 0 aromatic carbocycles. The predicted octanol–water partition coefficient (Wildman–Crippen LogP) is 3.32. The molecule has 0 aromatic heterocycles. The van der Waals surface area contributed by atoms with E-state index in [4.69, 9.17) is 0 Å². The predicted molar refractivity (Wildman–Crippen MR) is 39.9 cm³/mol. The molecule has 0 nitrogen and oxygen atoms in total. The van der Waals surface area contributed by atoms with Crippen LogP contribution in [-0.2, 0) is 0 Å². The molecule has 0 radical (unpaired) electrons. The fraction of sp³-hybridized carbons (Fsp3) is 1.00. The normalized spacial score (nSPS) is 45.0. The summed E-state index contributed by atoms with van der Waals surface area (Å²) in [5, 5.41) is 0. The van der Waals surface area contributed by atoms with Crippen molar-refractivity contribution in [1.82, 2.24) is 0 Å². The lowest BCUT2D eigenvalue weighted by molar-refractivity contribution is -0.230. The molecule has 2 aliphatic rings. The zero-order chi connectivity index (χ0) is 10.1. The van der Waals surface area contributed by atoms with Crippen LogP contribution in [0.4, 0.5) is 17.6 Å². The molecule has 0 N–H and O–H groups in total. The molecule has 0 saturated heterocycles. The molecule has 4 heteroatoms. The van der Waals surface area contributed by atoms with E-state index in [1.54, 1.807) is 13.8 Å². The van der Waals surface area contributed by atoms with Gasteiger partial charge in [-0.1, -0.05) is 13.8 Å². The largest absolute Gasteiger partial charge is 0.316 e. The molecule has 76 valence electrons. The summed E-state index contributed by atoms with van der Waals surface area (Å²) in [6.45, 7) is 3.21. The summed E-state index contributed by atoms with van der Waals surface area (Å²) in [5.41, 5.74) is -1.39. The summed E-state index contributed by atoms with van der Waals surface area (Å²) in [7, 11) is 0. The van der Waals surface area contributed by atoms with E-state index in [0.717, 1.165) is 0 Å². The second-order valence-electron chi connectivity index (χ2n) is 4.58. The lowest BCUT2D eigenvalue weighted by Gasteiger charge is -2.30. The number of hydrogen-bond acceptors (Lipinski definition) is 0. The summed E-state index contributed by atoms with van der Waals surface area (Å²) in [6.07, 6.45) is -0.356. The van der Waals surface area contributed by atoms with Crippen LogP contribution < -0.4 is 0 Å². The van der Waals surface area contributed by atoms with E-state index in [1.807, 2.05) is 0 Å². The molecule has 0 aliphatic heterocycles.